The summed E-state index contributed by atoms with van der Waals surface area (Å²) in [5, 5.41) is 54.2. The van der Waals surface area contributed by atoms with Gasteiger partial charge in [-0.05, 0) is 0 Å². The summed E-state index contributed by atoms with van der Waals surface area (Å²) in [6.07, 6.45) is 0. The third-order valence-corrected chi connectivity index (χ3v) is 2.83. The van der Waals surface area contributed by atoms with E-state index in [2.05, 4.69) is 0 Å². The van der Waals surface area contributed by atoms with E-state index in [-0.39, 0.29) is 37.1 Å². The van der Waals surface area contributed by atoms with Gasteiger partial charge < -0.3 is 35.4 Å². The van der Waals surface area contributed by atoms with E-state index < -0.39 is 50.5 Å². The second kappa shape index (κ2) is 10.3. The van der Waals surface area contributed by atoms with Gasteiger partial charge in [-0.1, -0.05) is 0 Å². The van der Waals surface area contributed by atoms with Crippen LogP contribution >= 0.6 is 0 Å². The Bertz CT molecular complexity index is 158. The quantitative estimate of drug-likeness (QED) is 0.220. The predicted octanol–water partition coefficient (Wildman–Crippen LogP) is -3.45. The number of aliphatic hydroxyl groups is 6. The average molecular weight is 373 g/mol. The molecule has 0 fully saturated rings. The Morgan fingerprint density at radius 2 is 0.778 bits per heavy atom. The molecule has 108 valence electrons. The molecule has 0 saturated heterocycles. The van der Waals surface area contributed by atoms with Crippen LogP contribution in [0.3, 0.4) is 0 Å². The molecule has 0 unspecified atom stereocenters. The number of rotatable bonds is 10. The molecule has 0 bridgehead atoms. The van der Waals surface area contributed by atoms with Gasteiger partial charge in [0.05, 0.1) is 63.7 Å². The van der Waals surface area contributed by atoms with Gasteiger partial charge in [0, 0.05) is 23.9 Å². The van der Waals surface area contributed by atoms with Gasteiger partial charge in [-0.2, -0.15) is 0 Å². The van der Waals surface area contributed by atoms with Gasteiger partial charge in [0.25, 0.3) is 0 Å². The van der Waals surface area contributed by atoms with Crippen LogP contribution in [-0.2, 0) is 4.74 Å². The van der Waals surface area contributed by atoms with Crippen molar-refractivity contribution in [3.8, 4) is 0 Å². The Hall–Kier alpha value is 0.519. The summed E-state index contributed by atoms with van der Waals surface area (Å²) >= 11 is 0. The van der Waals surface area contributed by atoms with E-state index in [4.69, 9.17) is 35.4 Å². The Labute approximate surface area is 123 Å². The zero-order valence-corrected chi connectivity index (χ0v) is 13.1. The molecule has 4 radical (unpaired) electrons. The minimum absolute atomic E-state index is 0. The fourth-order valence-electron chi connectivity index (χ4n) is 1.06. The molecule has 18 heavy (non-hydrogen) atoms. The molecule has 0 saturated carbocycles. The second-order valence-electron chi connectivity index (χ2n) is 4.44. The third-order valence-electron chi connectivity index (χ3n) is 2.83. The second-order valence-corrected chi connectivity index (χ2v) is 4.44. The zero-order chi connectivity index (χ0) is 13.4. The summed E-state index contributed by atoms with van der Waals surface area (Å²) in [6, 6.07) is 0. The van der Waals surface area contributed by atoms with Gasteiger partial charge in [0.15, 0.2) is 0 Å². The first-order chi connectivity index (χ1) is 8.07. The number of hydrogen-bond donors (Lipinski definition) is 6. The van der Waals surface area contributed by atoms with Crippen LogP contribution < -0.4 is 0 Å². The zero-order valence-electron chi connectivity index (χ0n) is 10.2. The molecule has 0 atom stereocenters. The summed E-state index contributed by atoms with van der Waals surface area (Å²) in [5.74, 6) is 0. The predicted molar refractivity (Wildman–Crippen MR) is 64.0 cm³/mol. The maximum Gasteiger partial charge on any atom is 0.0629 e. The molecule has 0 rings (SSSR count). The van der Waals surface area contributed by atoms with Crippen molar-refractivity contribution in [2.75, 3.05) is 52.9 Å². The fourth-order valence-corrected chi connectivity index (χ4v) is 1.06. The van der Waals surface area contributed by atoms with Crippen LogP contribution in [0.25, 0.3) is 0 Å². The SMILES string of the molecule is OCC(CO)(CO)COCC(CO)(CO)CO.[Sn]. The van der Waals surface area contributed by atoms with Gasteiger partial charge in [-0.15, -0.1) is 0 Å². The molecule has 0 aromatic carbocycles. The molecule has 6 N–H and O–H groups in total. The largest absolute Gasteiger partial charge is 0.396 e. The van der Waals surface area contributed by atoms with Crippen LogP contribution in [0.1, 0.15) is 0 Å². The van der Waals surface area contributed by atoms with Crippen LogP contribution in [0.2, 0.25) is 0 Å². The first kappa shape index (κ1) is 20.8. The molecular weight excluding hydrogens is 351 g/mol. The van der Waals surface area contributed by atoms with Crippen LogP contribution in [0, 0.1) is 10.8 Å². The minimum Gasteiger partial charge on any atom is -0.396 e. The number of aliphatic hydroxyl groups excluding tert-OH is 6. The van der Waals surface area contributed by atoms with Crippen molar-refractivity contribution in [3.63, 3.8) is 0 Å². The molecule has 0 aliphatic rings. The minimum atomic E-state index is -1.16. The molecule has 0 aromatic rings. The van der Waals surface area contributed by atoms with Gasteiger partial charge in [0.1, 0.15) is 0 Å². The molecule has 0 amide bonds. The summed E-state index contributed by atoms with van der Waals surface area (Å²) in [7, 11) is 0. The molecule has 0 aliphatic heterocycles. The molecule has 0 heterocycles. The molecule has 0 spiro atoms. The standard InChI is InChI=1S/C10H22O7.Sn/c11-1-9(2-12,3-13)7-17-8-10(4-14,5-15)6-16;/h11-16H,1-8H2;. The Balaban J connectivity index is 0. The third kappa shape index (κ3) is 5.66. The van der Waals surface area contributed by atoms with Crippen LogP contribution in [0.5, 0.6) is 0 Å². The first-order valence-electron chi connectivity index (χ1n) is 5.30. The van der Waals surface area contributed by atoms with E-state index in [1.807, 2.05) is 0 Å². The van der Waals surface area contributed by atoms with Crippen molar-refractivity contribution in [3.05, 3.63) is 0 Å². The van der Waals surface area contributed by atoms with Crippen molar-refractivity contribution in [1.82, 2.24) is 0 Å². The summed E-state index contributed by atoms with van der Waals surface area (Å²) in [4.78, 5) is 0. The summed E-state index contributed by atoms with van der Waals surface area (Å²) in [6.45, 7) is -3.01. The van der Waals surface area contributed by atoms with Crippen LogP contribution in [0.15, 0.2) is 0 Å². The Morgan fingerprint density at radius 3 is 0.944 bits per heavy atom. The Kier molecular flexibility index (Phi) is 11.9. The van der Waals surface area contributed by atoms with E-state index in [1.165, 1.54) is 0 Å². The van der Waals surface area contributed by atoms with E-state index in [1.54, 1.807) is 0 Å². The van der Waals surface area contributed by atoms with Crippen molar-refractivity contribution in [1.29, 1.82) is 0 Å². The van der Waals surface area contributed by atoms with Crippen molar-refractivity contribution in [2.24, 2.45) is 10.8 Å². The van der Waals surface area contributed by atoms with Crippen molar-refractivity contribution < 1.29 is 35.4 Å². The molecule has 0 aliphatic carbocycles. The normalized spacial score (nSPS) is 12.3. The summed E-state index contributed by atoms with van der Waals surface area (Å²) < 4.78 is 5.15. The maximum absolute atomic E-state index is 9.03. The molecular formula is C10H22O7Sn. The van der Waals surface area contributed by atoms with Crippen LogP contribution in [0.4, 0.5) is 0 Å². The van der Waals surface area contributed by atoms with Crippen molar-refractivity contribution >= 4 is 23.9 Å². The van der Waals surface area contributed by atoms with E-state index >= 15 is 0 Å². The van der Waals surface area contributed by atoms with E-state index in [0.717, 1.165) is 0 Å². The molecule has 7 nitrogen and oxygen atoms in total. The number of ether oxygens (including phenoxy) is 1. The van der Waals surface area contributed by atoms with E-state index in [0.29, 0.717) is 0 Å². The Morgan fingerprint density at radius 1 is 0.556 bits per heavy atom. The molecule has 8 heteroatoms. The van der Waals surface area contributed by atoms with Gasteiger partial charge >= 0.3 is 0 Å². The van der Waals surface area contributed by atoms with Crippen LogP contribution in [-0.4, -0.2) is 107 Å². The number of hydrogen-bond acceptors (Lipinski definition) is 7. The van der Waals surface area contributed by atoms with Gasteiger partial charge in [0.2, 0.25) is 0 Å². The monoisotopic (exact) mass is 374 g/mol. The smallest absolute Gasteiger partial charge is 0.0629 e. The van der Waals surface area contributed by atoms with Gasteiger partial charge in [-0.25, -0.2) is 0 Å². The molecule has 0 aromatic heterocycles. The average Bonchev–Trinajstić information content (AvgIpc) is 2.41. The fraction of sp³-hybridized carbons (Fsp3) is 1.00. The summed E-state index contributed by atoms with van der Waals surface area (Å²) in [5.41, 5.74) is -2.32. The van der Waals surface area contributed by atoms with Crippen molar-refractivity contribution in [2.45, 2.75) is 0 Å². The topological polar surface area (TPSA) is 131 Å². The first-order valence-corrected chi connectivity index (χ1v) is 5.30. The van der Waals surface area contributed by atoms with Gasteiger partial charge in [-0.3, -0.25) is 0 Å². The van der Waals surface area contributed by atoms with E-state index in [9.17, 15) is 0 Å². The maximum atomic E-state index is 9.03.